The van der Waals surface area contributed by atoms with Crippen molar-refractivity contribution in [3.63, 3.8) is 0 Å². The summed E-state index contributed by atoms with van der Waals surface area (Å²) >= 11 is 0. The Morgan fingerprint density at radius 3 is 2.95 bits per heavy atom. The highest BCUT2D eigenvalue weighted by atomic mass is 16.6. The fourth-order valence-corrected chi connectivity index (χ4v) is 2.76. The zero-order valence-corrected chi connectivity index (χ0v) is 12.0. The van der Waals surface area contributed by atoms with Crippen LogP contribution in [0.3, 0.4) is 0 Å². The van der Waals surface area contributed by atoms with Crippen molar-refractivity contribution in [3.05, 3.63) is 39.9 Å². The van der Waals surface area contributed by atoms with E-state index in [1.54, 1.807) is 12.1 Å². The minimum Gasteiger partial charge on any atom is -0.314 e. The molecule has 2 unspecified atom stereocenters. The summed E-state index contributed by atoms with van der Waals surface area (Å²) < 4.78 is 0. The number of para-hydroxylation sites is 1. The number of hydrogen-bond acceptors (Lipinski definition) is 4. The molecular weight excluding hydrogens is 254 g/mol. The van der Waals surface area contributed by atoms with Crippen LogP contribution in [0.4, 0.5) is 5.69 Å². The first-order valence-corrected chi connectivity index (χ1v) is 7.36. The molecule has 1 aromatic carbocycles. The van der Waals surface area contributed by atoms with Gasteiger partial charge in [0.05, 0.1) is 4.92 Å². The number of piperidine rings is 1. The van der Waals surface area contributed by atoms with Gasteiger partial charge in [-0.25, -0.2) is 0 Å². The smallest absolute Gasteiger partial charge is 0.273 e. The number of rotatable bonds is 6. The zero-order chi connectivity index (χ0) is 14.4. The quantitative estimate of drug-likeness (QED) is 0.619. The second-order valence-corrected chi connectivity index (χ2v) is 5.55. The second-order valence-electron chi connectivity index (χ2n) is 5.55. The molecule has 0 saturated carbocycles. The van der Waals surface area contributed by atoms with E-state index in [-0.39, 0.29) is 10.6 Å². The number of hydrogen-bond donors (Lipinski definition) is 2. The molecule has 110 valence electrons. The first-order chi connectivity index (χ1) is 9.66. The summed E-state index contributed by atoms with van der Waals surface area (Å²) in [5, 5.41) is 17.9. The highest BCUT2D eigenvalue weighted by Gasteiger charge is 2.17. The third-order valence-corrected chi connectivity index (χ3v) is 3.88. The van der Waals surface area contributed by atoms with E-state index in [0.29, 0.717) is 18.6 Å². The Balaban J connectivity index is 1.83. The highest BCUT2D eigenvalue weighted by molar-refractivity contribution is 5.39. The lowest BCUT2D eigenvalue weighted by Gasteiger charge is -2.26. The van der Waals surface area contributed by atoms with Gasteiger partial charge in [-0.05, 0) is 32.7 Å². The molecule has 0 spiro atoms. The maximum Gasteiger partial charge on any atom is 0.273 e. The number of nitro benzene ring substituents is 1. The maximum atomic E-state index is 11.0. The SMILES string of the molecule is CC(CC1CCCCN1)NCc1ccccc1[N+](=O)[O-]. The fraction of sp³-hybridized carbons (Fsp3) is 0.600. The molecule has 1 aromatic rings. The van der Waals surface area contributed by atoms with E-state index in [1.165, 1.54) is 19.3 Å². The average Bonchev–Trinajstić information content (AvgIpc) is 2.46. The first kappa shape index (κ1) is 14.9. The van der Waals surface area contributed by atoms with Crippen LogP contribution >= 0.6 is 0 Å². The van der Waals surface area contributed by atoms with Gasteiger partial charge in [0.1, 0.15) is 0 Å². The molecule has 2 N–H and O–H groups in total. The second kappa shape index (κ2) is 7.36. The minimum atomic E-state index is -0.315. The lowest BCUT2D eigenvalue weighted by atomic mass is 9.98. The Morgan fingerprint density at radius 2 is 2.25 bits per heavy atom. The standard InChI is InChI=1S/C15H23N3O2/c1-12(10-14-7-4-5-9-16-14)17-11-13-6-2-3-8-15(13)18(19)20/h2-3,6,8,12,14,16-17H,4-5,7,9-11H2,1H3. The van der Waals surface area contributed by atoms with Gasteiger partial charge in [0, 0.05) is 30.3 Å². The van der Waals surface area contributed by atoms with Crippen LogP contribution in [-0.2, 0) is 6.54 Å². The maximum absolute atomic E-state index is 11.0. The normalized spacial score (nSPS) is 20.6. The highest BCUT2D eigenvalue weighted by Crippen LogP contribution is 2.18. The van der Waals surface area contributed by atoms with Crippen LogP contribution in [0.1, 0.15) is 38.2 Å². The van der Waals surface area contributed by atoms with E-state index in [1.807, 2.05) is 12.1 Å². The van der Waals surface area contributed by atoms with E-state index in [9.17, 15) is 10.1 Å². The van der Waals surface area contributed by atoms with Crippen molar-refractivity contribution in [1.82, 2.24) is 10.6 Å². The van der Waals surface area contributed by atoms with Crippen LogP contribution in [-0.4, -0.2) is 23.6 Å². The molecule has 1 aliphatic rings. The van der Waals surface area contributed by atoms with Crippen LogP contribution in [0.2, 0.25) is 0 Å². The Hall–Kier alpha value is -1.46. The Morgan fingerprint density at radius 1 is 1.45 bits per heavy atom. The predicted octanol–water partition coefficient (Wildman–Crippen LogP) is 2.61. The summed E-state index contributed by atoms with van der Waals surface area (Å²) in [5.41, 5.74) is 0.948. The molecule has 20 heavy (non-hydrogen) atoms. The molecule has 5 heteroatoms. The van der Waals surface area contributed by atoms with Crippen molar-refractivity contribution in [2.75, 3.05) is 6.54 Å². The van der Waals surface area contributed by atoms with Crippen LogP contribution in [0.25, 0.3) is 0 Å². The van der Waals surface area contributed by atoms with Crippen LogP contribution in [0, 0.1) is 10.1 Å². The Labute approximate surface area is 119 Å². The van der Waals surface area contributed by atoms with Crippen molar-refractivity contribution in [1.29, 1.82) is 0 Å². The fourth-order valence-electron chi connectivity index (χ4n) is 2.76. The van der Waals surface area contributed by atoms with Gasteiger partial charge in [-0.2, -0.15) is 0 Å². The lowest BCUT2D eigenvalue weighted by molar-refractivity contribution is -0.385. The molecule has 1 heterocycles. The van der Waals surface area contributed by atoms with E-state index >= 15 is 0 Å². The first-order valence-electron chi connectivity index (χ1n) is 7.36. The van der Waals surface area contributed by atoms with Crippen LogP contribution < -0.4 is 10.6 Å². The molecule has 0 amide bonds. The van der Waals surface area contributed by atoms with Gasteiger partial charge >= 0.3 is 0 Å². The van der Waals surface area contributed by atoms with Crippen LogP contribution in [0.5, 0.6) is 0 Å². The van der Waals surface area contributed by atoms with Gasteiger partial charge in [0.2, 0.25) is 0 Å². The lowest BCUT2D eigenvalue weighted by Crippen LogP contribution is -2.39. The van der Waals surface area contributed by atoms with E-state index in [4.69, 9.17) is 0 Å². The number of nitrogens with zero attached hydrogens (tertiary/aromatic N) is 1. The van der Waals surface area contributed by atoms with Crippen molar-refractivity contribution in [2.24, 2.45) is 0 Å². The summed E-state index contributed by atoms with van der Waals surface area (Å²) in [6, 6.07) is 7.86. The molecule has 0 bridgehead atoms. The van der Waals surface area contributed by atoms with Crippen molar-refractivity contribution in [2.45, 2.75) is 51.2 Å². The van der Waals surface area contributed by atoms with Crippen molar-refractivity contribution in [3.8, 4) is 0 Å². The van der Waals surface area contributed by atoms with Crippen LogP contribution in [0.15, 0.2) is 24.3 Å². The number of benzene rings is 1. The molecule has 1 fully saturated rings. The Kier molecular flexibility index (Phi) is 5.49. The molecule has 5 nitrogen and oxygen atoms in total. The van der Waals surface area contributed by atoms with Gasteiger partial charge in [-0.1, -0.05) is 24.6 Å². The number of nitrogens with one attached hydrogen (secondary N) is 2. The minimum absolute atomic E-state index is 0.197. The summed E-state index contributed by atoms with van der Waals surface area (Å²) in [6.45, 7) is 3.80. The zero-order valence-electron chi connectivity index (χ0n) is 12.0. The average molecular weight is 277 g/mol. The summed E-state index contributed by atoms with van der Waals surface area (Å²) in [5.74, 6) is 0. The summed E-state index contributed by atoms with van der Waals surface area (Å²) in [6.07, 6.45) is 4.88. The predicted molar refractivity (Wildman–Crippen MR) is 79.7 cm³/mol. The van der Waals surface area contributed by atoms with E-state index in [2.05, 4.69) is 17.6 Å². The number of nitro groups is 1. The van der Waals surface area contributed by atoms with Crippen molar-refractivity contribution >= 4 is 5.69 Å². The topological polar surface area (TPSA) is 67.2 Å². The van der Waals surface area contributed by atoms with Crippen molar-refractivity contribution < 1.29 is 4.92 Å². The molecular formula is C15H23N3O2. The molecule has 1 saturated heterocycles. The Bertz CT molecular complexity index is 444. The molecule has 2 atom stereocenters. The third-order valence-electron chi connectivity index (χ3n) is 3.88. The third kappa shape index (κ3) is 4.28. The molecule has 1 aliphatic heterocycles. The molecule has 0 radical (unpaired) electrons. The largest absolute Gasteiger partial charge is 0.314 e. The van der Waals surface area contributed by atoms with Gasteiger partial charge in [0.25, 0.3) is 5.69 Å². The van der Waals surface area contributed by atoms with Gasteiger partial charge in [-0.3, -0.25) is 10.1 Å². The van der Waals surface area contributed by atoms with E-state index in [0.717, 1.165) is 18.5 Å². The molecule has 2 rings (SSSR count). The summed E-state index contributed by atoms with van der Waals surface area (Å²) in [7, 11) is 0. The molecule has 0 aliphatic carbocycles. The van der Waals surface area contributed by atoms with Gasteiger partial charge in [0.15, 0.2) is 0 Å². The van der Waals surface area contributed by atoms with Gasteiger partial charge in [-0.15, -0.1) is 0 Å². The molecule has 0 aromatic heterocycles. The van der Waals surface area contributed by atoms with Gasteiger partial charge < -0.3 is 10.6 Å². The monoisotopic (exact) mass is 277 g/mol. The summed E-state index contributed by atoms with van der Waals surface area (Å²) in [4.78, 5) is 10.6. The van der Waals surface area contributed by atoms with E-state index < -0.39 is 0 Å².